The van der Waals surface area contributed by atoms with Crippen LogP contribution in [0.25, 0.3) is 0 Å². The quantitative estimate of drug-likeness (QED) is 0.822. The van der Waals surface area contributed by atoms with Crippen molar-refractivity contribution >= 4 is 5.78 Å². The molecule has 0 unspecified atom stereocenters. The van der Waals surface area contributed by atoms with Crippen molar-refractivity contribution in [3.63, 3.8) is 0 Å². The number of carbonyl (C=O) groups is 1. The third-order valence-corrected chi connectivity index (χ3v) is 2.77. The Morgan fingerprint density at radius 2 is 1.89 bits per heavy atom. The van der Waals surface area contributed by atoms with Gasteiger partial charge in [-0.15, -0.1) is 0 Å². The molecule has 2 nitrogen and oxygen atoms in total. The number of ether oxygens (including phenoxy) is 1. The molecule has 2 aromatic carbocycles. The highest BCUT2D eigenvalue weighted by Crippen LogP contribution is 2.18. The molecule has 98 valence electrons. The summed E-state index contributed by atoms with van der Waals surface area (Å²) < 4.78 is 18.3. The zero-order valence-corrected chi connectivity index (χ0v) is 10.7. The maximum atomic E-state index is 12.9. The Balaban J connectivity index is 1.90. The van der Waals surface area contributed by atoms with Crippen molar-refractivity contribution in [3.8, 4) is 5.75 Å². The number of Topliss-reactive ketones (excluding diaryl/α,β-unsaturated/α-hetero) is 1. The van der Waals surface area contributed by atoms with Gasteiger partial charge in [0.05, 0.1) is 0 Å². The standard InChI is InChI=1S/C16H15FO2/c1-12-9-14(17)7-8-16(12)19-11-15(18)10-13-5-3-2-4-6-13/h2-9H,10-11H2,1H3. The summed E-state index contributed by atoms with van der Waals surface area (Å²) in [5.41, 5.74) is 1.65. The molecule has 0 aliphatic carbocycles. The number of hydrogen-bond acceptors (Lipinski definition) is 2. The van der Waals surface area contributed by atoms with Crippen LogP contribution in [-0.2, 0) is 11.2 Å². The molecule has 0 heterocycles. The second kappa shape index (κ2) is 6.14. The molecule has 3 heteroatoms. The van der Waals surface area contributed by atoms with Crippen molar-refractivity contribution < 1.29 is 13.9 Å². The van der Waals surface area contributed by atoms with Crippen molar-refractivity contribution in [2.75, 3.05) is 6.61 Å². The lowest BCUT2D eigenvalue weighted by Gasteiger charge is -2.08. The Morgan fingerprint density at radius 3 is 2.58 bits per heavy atom. The minimum atomic E-state index is -0.305. The van der Waals surface area contributed by atoms with Gasteiger partial charge >= 0.3 is 0 Å². The summed E-state index contributed by atoms with van der Waals surface area (Å²) in [5.74, 6) is 0.234. The average molecular weight is 258 g/mol. The van der Waals surface area contributed by atoms with Crippen molar-refractivity contribution in [1.29, 1.82) is 0 Å². The normalized spacial score (nSPS) is 10.2. The summed E-state index contributed by atoms with van der Waals surface area (Å²) >= 11 is 0. The van der Waals surface area contributed by atoms with Gasteiger partial charge in [-0.1, -0.05) is 30.3 Å². The summed E-state index contributed by atoms with van der Waals surface area (Å²) in [6.45, 7) is 1.75. The first kappa shape index (κ1) is 13.3. The van der Waals surface area contributed by atoms with Gasteiger partial charge in [0.15, 0.2) is 5.78 Å². The molecule has 19 heavy (non-hydrogen) atoms. The third kappa shape index (κ3) is 3.91. The van der Waals surface area contributed by atoms with Gasteiger partial charge in [-0.05, 0) is 36.2 Å². The Labute approximate surface area is 111 Å². The Morgan fingerprint density at radius 1 is 1.16 bits per heavy atom. The van der Waals surface area contributed by atoms with Gasteiger partial charge in [0, 0.05) is 6.42 Å². The summed E-state index contributed by atoms with van der Waals surface area (Å²) in [6.07, 6.45) is 0.348. The zero-order valence-electron chi connectivity index (χ0n) is 10.7. The van der Waals surface area contributed by atoms with Gasteiger partial charge in [0.1, 0.15) is 18.2 Å². The molecular formula is C16H15FO2. The van der Waals surface area contributed by atoms with Crippen LogP contribution in [0.5, 0.6) is 5.75 Å². The molecule has 0 amide bonds. The predicted octanol–water partition coefficient (Wildman–Crippen LogP) is 3.32. The minimum Gasteiger partial charge on any atom is -0.486 e. The molecule has 0 radical (unpaired) electrons. The lowest BCUT2D eigenvalue weighted by atomic mass is 10.1. The number of halogens is 1. The number of rotatable bonds is 5. The lowest BCUT2D eigenvalue weighted by Crippen LogP contribution is -2.14. The average Bonchev–Trinajstić information content (AvgIpc) is 2.39. The van der Waals surface area contributed by atoms with Gasteiger partial charge in [0.2, 0.25) is 0 Å². The second-order valence-electron chi connectivity index (χ2n) is 4.40. The number of hydrogen-bond donors (Lipinski definition) is 0. The van der Waals surface area contributed by atoms with E-state index in [2.05, 4.69) is 0 Å². The van der Waals surface area contributed by atoms with Crippen molar-refractivity contribution in [2.45, 2.75) is 13.3 Å². The topological polar surface area (TPSA) is 26.3 Å². The van der Waals surface area contributed by atoms with Crippen LogP contribution >= 0.6 is 0 Å². The van der Waals surface area contributed by atoms with Gasteiger partial charge in [-0.3, -0.25) is 4.79 Å². The highest BCUT2D eigenvalue weighted by Gasteiger charge is 2.06. The van der Waals surface area contributed by atoms with Crippen LogP contribution in [0.15, 0.2) is 48.5 Å². The van der Waals surface area contributed by atoms with Gasteiger partial charge in [-0.25, -0.2) is 4.39 Å². The zero-order chi connectivity index (χ0) is 13.7. The fourth-order valence-corrected chi connectivity index (χ4v) is 1.81. The first-order chi connectivity index (χ1) is 9.15. The van der Waals surface area contributed by atoms with E-state index in [0.717, 1.165) is 5.56 Å². The largest absolute Gasteiger partial charge is 0.486 e. The minimum absolute atomic E-state index is 0.00136. The van der Waals surface area contributed by atoms with Crippen LogP contribution in [0, 0.1) is 12.7 Å². The molecule has 0 fully saturated rings. The fourth-order valence-electron chi connectivity index (χ4n) is 1.81. The maximum absolute atomic E-state index is 12.9. The maximum Gasteiger partial charge on any atom is 0.174 e. The monoisotopic (exact) mass is 258 g/mol. The molecule has 2 aromatic rings. The van der Waals surface area contributed by atoms with Crippen molar-refractivity contribution in [1.82, 2.24) is 0 Å². The molecule has 0 N–H and O–H groups in total. The Hall–Kier alpha value is -2.16. The SMILES string of the molecule is Cc1cc(F)ccc1OCC(=O)Cc1ccccc1. The summed E-state index contributed by atoms with van der Waals surface area (Å²) in [5, 5.41) is 0. The number of ketones is 1. The van der Waals surface area contributed by atoms with E-state index < -0.39 is 0 Å². The van der Waals surface area contributed by atoms with Crippen LogP contribution in [0.1, 0.15) is 11.1 Å². The van der Waals surface area contributed by atoms with Crippen LogP contribution in [0.2, 0.25) is 0 Å². The fraction of sp³-hybridized carbons (Fsp3) is 0.188. The molecule has 0 atom stereocenters. The van der Waals surface area contributed by atoms with Gasteiger partial charge in [-0.2, -0.15) is 0 Å². The van der Waals surface area contributed by atoms with Crippen LogP contribution in [0.3, 0.4) is 0 Å². The van der Waals surface area contributed by atoms with Crippen LogP contribution < -0.4 is 4.74 Å². The molecule has 0 bridgehead atoms. The van der Waals surface area contributed by atoms with E-state index in [1.54, 1.807) is 13.0 Å². The van der Waals surface area contributed by atoms with Crippen LogP contribution in [0.4, 0.5) is 4.39 Å². The first-order valence-electron chi connectivity index (χ1n) is 6.10. The van der Waals surface area contributed by atoms with E-state index in [4.69, 9.17) is 4.74 Å². The molecule has 0 aliphatic heterocycles. The van der Waals surface area contributed by atoms with E-state index in [1.807, 2.05) is 30.3 Å². The Kier molecular flexibility index (Phi) is 4.29. The van der Waals surface area contributed by atoms with Crippen LogP contribution in [-0.4, -0.2) is 12.4 Å². The summed E-state index contributed by atoms with van der Waals surface area (Å²) in [6, 6.07) is 13.8. The molecule has 0 saturated heterocycles. The number of carbonyl (C=O) groups excluding carboxylic acids is 1. The van der Waals surface area contributed by atoms with E-state index in [-0.39, 0.29) is 18.2 Å². The molecule has 0 aromatic heterocycles. The van der Waals surface area contributed by atoms with E-state index in [9.17, 15) is 9.18 Å². The van der Waals surface area contributed by atoms with E-state index in [0.29, 0.717) is 17.7 Å². The molecule has 2 rings (SSSR count). The third-order valence-electron chi connectivity index (χ3n) is 2.77. The van der Waals surface area contributed by atoms with Crippen molar-refractivity contribution in [3.05, 3.63) is 65.5 Å². The highest BCUT2D eigenvalue weighted by molar-refractivity contribution is 5.82. The number of benzene rings is 2. The van der Waals surface area contributed by atoms with E-state index in [1.165, 1.54) is 12.1 Å². The smallest absolute Gasteiger partial charge is 0.174 e. The molecule has 0 spiro atoms. The lowest BCUT2D eigenvalue weighted by molar-refractivity contribution is -0.120. The predicted molar refractivity (Wildman–Crippen MR) is 71.8 cm³/mol. The Bertz CT molecular complexity index is 564. The van der Waals surface area contributed by atoms with Gasteiger partial charge < -0.3 is 4.74 Å². The first-order valence-corrected chi connectivity index (χ1v) is 6.10. The number of aryl methyl sites for hydroxylation is 1. The summed E-state index contributed by atoms with van der Waals surface area (Å²) in [7, 11) is 0. The molecular weight excluding hydrogens is 243 g/mol. The van der Waals surface area contributed by atoms with Crippen molar-refractivity contribution in [2.24, 2.45) is 0 Å². The second-order valence-corrected chi connectivity index (χ2v) is 4.40. The van der Waals surface area contributed by atoms with E-state index >= 15 is 0 Å². The molecule has 0 aliphatic rings. The molecule has 0 saturated carbocycles. The summed E-state index contributed by atoms with van der Waals surface area (Å²) in [4.78, 5) is 11.8. The highest BCUT2D eigenvalue weighted by atomic mass is 19.1. The van der Waals surface area contributed by atoms with Gasteiger partial charge in [0.25, 0.3) is 0 Å².